The van der Waals surface area contributed by atoms with Gasteiger partial charge in [0.1, 0.15) is 17.6 Å². The summed E-state index contributed by atoms with van der Waals surface area (Å²) in [7, 11) is 0. The van der Waals surface area contributed by atoms with Crippen LogP contribution >= 0.6 is 0 Å². The predicted molar refractivity (Wildman–Crippen MR) is 76.7 cm³/mol. The van der Waals surface area contributed by atoms with Crippen molar-refractivity contribution in [2.24, 2.45) is 0 Å². The van der Waals surface area contributed by atoms with E-state index in [2.05, 4.69) is 21.0 Å². The van der Waals surface area contributed by atoms with Gasteiger partial charge >= 0.3 is 6.18 Å². The van der Waals surface area contributed by atoms with Crippen LogP contribution in [0.3, 0.4) is 0 Å². The maximum Gasteiger partial charge on any atom is 0.432 e. The molecule has 3 heterocycles. The molecule has 0 unspecified atom stereocenters. The first-order valence-corrected chi connectivity index (χ1v) is 7.20. The second kappa shape index (κ2) is 5.91. The number of anilines is 1. The molecular formula is C15H14F3N5. The number of alkyl halides is 3. The minimum Gasteiger partial charge on any atom is -0.370 e. The summed E-state index contributed by atoms with van der Waals surface area (Å²) in [6.07, 6.45) is 1.09. The van der Waals surface area contributed by atoms with Gasteiger partial charge in [-0.2, -0.15) is 18.4 Å². The number of H-pyrrole nitrogens is 1. The molecule has 1 N–H and O–H groups in total. The highest BCUT2D eigenvalue weighted by molar-refractivity contribution is 5.58. The Morgan fingerprint density at radius 1 is 1.35 bits per heavy atom. The van der Waals surface area contributed by atoms with Crippen molar-refractivity contribution < 1.29 is 13.2 Å². The summed E-state index contributed by atoms with van der Waals surface area (Å²) in [5, 5.41) is 9.16. The molecule has 1 aliphatic heterocycles. The fraction of sp³-hybridized carbons (Fsp3) is 0.400. The molecule has 5 nitrogen and oxygen atoms in total. The van der Waals surface area contributed by atoms with Crippen molar-refractivity contribution in [3.05, 3.63) is 41.7 Å². The Kier molecular flexibility index (Phi) is 3.94. The number of imidazole rings is 1. The Hall–Kier alpha value is -2.56. The fourth-order valence-corrected chi connectivity index (χ4v) is 2.86. The van der Waals surface area contributed by atoms with Crippen LogP contribution in [-0.4, -0.2) is 28.0 Å². The molecule has 2 aromatic rings. The van der Waals surface area contributed by atoms with Crippen LogP contribution in [0.15, 0.2) is 24.7 Å². The van der Waals surface area contributed by atoms with E-state index in [1.54, 1.807) is 12.3 Å². The number of rotatable bonds is 2. The number of hydrogen-bond donors (Lipinski definition) is 1. The Labute approximate surface area is 130 Å². The summed E-state index contributed by atoms with van der Waals surface area (Å²) in [5.41, 5.74) is 0.393. The Bertz CT molecular complexity index is 731. The van der Waals surface area contributed by atoms with E-state index >= 15 is 0 Å². The number of aromatic amines is 1. The minimum absolute atomic E-state index is 0.125. The Morgan fingerprint density at radius 2 is 2.17 bits per heavy atom. The van der Waals surface area contributed by atoms with Crippen molar-refractivity contribution in [2.75, 3.05) is 18.0 Å². The van der Waals surface area contributed by atoms with Gasteiger partial charge in [-0.05, 0) is 18.9 Å². The smallest absolute Gasteiger partial charge is 0.370 e. The van der Waals surface area contributed by atoms with Crippen LogP contribution in [0.2, 0.25) is 0 Å². The number of pyridine rings is 1. The van der Waals surface area contributed by atoms with Crippen LogP contribution in [0.5, 0.6) is 0 Å². The van der Waals surface area contributed by atoms with Crippen LogP contribution in [0.25, 0.3) is 0 Å². The van der Waals surface area contributed by atoms with Gasteiger partial charge in [0, 0.05) is 31.4 Å². The maximum atomic E-state index is 12.7. The third kappa shape index (κ3) is 3.13. The second-order valence-corrected chi connectivity index (χ2v) is 5.47. The molecule has 8 heteroatoms. The van der Waals surface area contributed by atoms with Gasteiger partial charge in [0.25, 0.3) is 0 Å². The van der Waals surface area contributed by atoms with Gasteiger partial charge in [-0.25, -0.2) is 4.98 Å². The lowest BCUT2D eigenvalue weighted by atomic mass is 9.96. The summed E-state index contributed by atoms with van der Waals surface area (Å²) in [4.78, 5) is 12.2. The van der Waals surface area contributed by atoms with Gasteiger partial charge in [0.2, 0.25) is 0 Å². The van der Waals surface area contributed by atoms with E-state index in [0.29, 0.717) is 17.9 Å². The molecule has 2 aromatic heterocycles. The van der Waals surface area contributed by atoms with Crippen molar-refractivity contribution in [2.45, 2.75) is 24.9 Å². The average molecular weight is 321 g/mol. The van der Waals surface area contributed by atoms with Gasteiger partial charge in [-0.15, -0.1) is 0 Å². The van der Waals surface area contributed by atoms with Gasteiger partial charge in [-0.1, -0.05) is 0 Å². The van der Waals surface area contributed by atoms with Crippen molar-refractivity contribution >= 4 is 5.69 Å². The summed E-state index contributed by atoms with van der Waals surface area (Å²) in [6.45, 7) is 1.27. The molecular weight excluding hydrogens is 307 g/mol. The van der Waals surface area contributed by atoms with Crippen LogP contribution in [0, 0.1) is 11.3 Å². The zero-order valence-electron chi connectivity index (χ0n) is 12.1. The van der Waals surface area contributed by atoms with Crippen LogP contribution in [0.4, 0.5) is 18.9 Å². The highest BCUT2D eigenvalue weighted by atomic mass is 19.4. The third-order valence-corrected chi connectivity index (χ3v) is 3.97. The van der Waals surface area contributed by atoms with E-state index in [-0.39, 0.29) is 5.92 Å². The van der Waals surface area contributed by atoms with Crippen LogP contribution < -0.4 is 4.90 Å². The molecule has 0 saturated carbocycles. The van der Waals surface area contributed by atoms with Crippen molar-refractivity contribution in [1.82, 2.24) is 15.0 Å². The number of aromatic nitrogens is 3. The van der Waals surface area contributed by atoms with Gasteiger partial charge in [0.15, 0.2) is 0 Å². The zero-order chi connectivity index (χ0) is 16.4. The quantitative estimate of drug-likeness (QED) is 0.923. The lowest BCUT2D eigenvalue weighted by Gasteiger charge is -2.34. The van der Waals surface area contributed by atoms with E-state index in [1.165, 1.54) is 6.20 Å². The Morgan fingerprint density at radius 3 is 2.87 bits per heavy atom. The first-order valence-electron chi connectivity index (χ1n) is 7.20. The number of piperidine rings is 1. The second-order valence-electron chi connectivity index (χ2n) is 5.47. The van der Waals surface area contributed by atoms with E-state index in [1.807, 2.05) is 4.90 Å². The van der Waals surface area contributed by atoms with E-state index in [4.69, 9.17) is 5.26 Å². The number of nitriles is 1. The Balaban J connectivity index is 1.81. The van der Waals surface area contributed by atoms with Crippen molar-refractivity contribution in [3.8, 4) is 6.07 Å². The summed E-state index contributed by atoms with van der Waals surface area (Å²) >= 11 is 0. The lowest BCUT2D eigenvalue weighted by molar-refractivity contribution is -0.141. The highest BCUT2D eigenvalue weighted by Gasteiger charge is 2.34. The first kappa shape index (κ1) is 15.3. The summed E-state index contributed by atoms with van der Waals surface area (Å²) < 4.78 is 38.1. The molecule has 0 spiro atoms. The molecule has 1 aliphatic rings. The molecule has 3 rings (SSSR count). The number of nitrogens with zero attached hydrogens (tertiary/aromatic N) is 4. The van der Waals surface area contributed by atoms with Gasteiger partial charge < -0.3 is 9.88 Å². The van der Waals surface area contributed by atoms with Gasteiger partial charge in [0.05, 0.1) is 17.4 Å². The van der Waals surface area contributed by atoms with Gasteiger partial charge in [-0.3, -0.25) is 4.98 Å². The SMILES string of the molecule is N#Cc1cnccc1N1CCC[C@H](c2ncc(C(F)(F)F)[nH]2)C1. The molecule has 0 radical (unpaired) electrons. The molecule has 1 atom stereocenters. The fourth-order valence-electron chi connectivity index (χ4n) is 2.86. The minimum atomic E-state index is -4.42. The molecule has 1 fully saturated rings. The number of nitrogens with one attached hydrogen (secondary N) is 1. The average Bonchev–Trinajstić information content (AvgIpc) is 3.05. The molecule has 1 saturated heterocycles. The van der Waals surface area contributed by atoms with E-state index in [0.717, 1.165) is 31.3 Å². The monoisotopic (exact) mass is 321 g/mol. The summed E-state index contributed by atoms with van der Waals surface area (Å²) in [5.74, 6) is 0.217. The highest BCUT2D eigenvalue weighted by Crippen LogP contribution is 2.32. The normalized spacial score (nSPS) is 18.7. The molecule has 0 aromatic carbocycles. The molecule has 0 amide bonds. The van der Waals surface area contributed by atoms with Crippen molar-refractivity contribution in [1.29, 1.82) is 5.26 Å². The standard InChI is InChI=1S/C15H14F3N5/c16-15(17,18)13-8-21-14(22-13)10-2-1-5-23(9-10)12-3-4-20-7-11(12)6-19/h3-4,7-8,10H,1-2,5,9H2,(H,21,22)/t10-/m0/s1. The lowest BCUT2D eigenvalue weighted by Crippen LogP contribution is -2.35. The van der Waals surface area contributed by atoms with Crippen molar-refractivity contribution in [3.63, 3.8) is 0 Å². The summed E-state index contributed by atoms with van der Waals surface area (Å²) in [6, 6.07) is 3.85. The van der Waals surface area contributed by atoms with Crippen LogP contribution in [0.1, 0.15) is 35.8 Å². The zero-order valence-corrected chi connectivity index (χ0v) is 12.1. The molecule has 120 valence electrons. The van der Waals surface area contributed by atoms with E-state index < -0.39 is 11.9 Å². The molecule has 0 aliphatic carbocycles. The maximum absolute atomic E-state index is 12.7. The van der Waals surface area contributed by atoms with Crippen LogP contribution in [-0.2, 0) is 6.18 Å². The predicted octanol–water partition coefficient (Wildman–Crippen LogP) is 3.08. The topological polar surface area (TPSA) is 68.6 Å². The number of halogens is 3. The molecule has 23 heavy (non-hydrogen) atoms. The molecule has 0 bridgehead atoms. The largest absolute Gasteiger partial charge is 0.432 e. The van der Waals surface area contributed by atoms with E-state index in [9.17, 15) is 13.2 Å². The third-order valence-electron chi connectivity index (χ3n) is 3.97. The first-order chi connectivity index (χ1) is 11.0. The number of hydrogen-bond acceptors (Lipinski definition) is 4.